The van der Waals surface area contributed by atoms with E-state index in [2.05, 4.69) is 9.97 Å². The molecule has 14 heavy (non-hydrogen) atoms. The van der Waals surface area contributed by atoms with Crippen LogP contribution in [0.1, 0.15) is 0 Å². The maximum atomic E-state index is 12.9. The third-order valence-electron chi connectivity index (χ3n) is 1.85. The maximum Gasteiger partial charge on any atom is 0.124 e. The number of aromatic nitrogens is 2. The molecule has 2 rings (SSSR count). The summed E-state index contributed by atoms with van der Waals surface area (Å²) < 4.78 is 12.9. The van der Waals surface area contributed by atoms with Gasteiger partial charge < -0.3 is 5.73 Å². The van der Waals surface area contributed by atoms with Crippen LogP contribution in [0.15, 0.2) is 36.8 Å². The van der Waals surface area contributed by atoms with Crippen molar-refractivity contribution in [1.82, 2.24) is 9.97 Å². The Balaban J connectivity index is 2.57. The highest BCUT2D eigenvalue weighted by Crippen LogP contribution is 2.23. The predicted octanol–water partition coefficient (Wildman–Crippen LogP) is 1.86. The van der Waals surface area contributed by atoms with Gasteiger partial charge in [-0.05, 0) is 18.2 Å². The zero-order chi connectivity index (χ0) is 9.97. The number of halogens is 1. The van der Waals surface area contributed by atoms with Gasteiger partial charge in [0.1, 0.15) is 5.82 Å². The fourth-order valence-corrected chi connectivity index (χ4v) is 1.19. The molecule has 0 saturated heterocycles. The van der Waals surface area contributed by atoms with E-state index in [1.165, 1.54) is 18.2 Å². The molecule has 0 aliphatic carbocycles. The average Bonchev–Trinajstić information content (AvgIpc) is 2.23. The van der Waals surface area contributed by atoms with E-state index in [-0.39, 0.29) is 5.82 Å². The van der Waals surface area contributed by atoms with Crippen molar-refractivity contribution in [2.45, 2.75) is 0 Å². The first-order valence-corrected chi connectivity index (χ1v) is 4.09. The maximum absolute atomic E-state index is 12.9. The number of hydrogen-bond acceptors (Lipinski definition) is 3. The summed E-state index contributed by atoms with van der Waals surface area (Å²) in [5.74, 6) is -0.333. The highest BCUT2D eigenvalue weighted by atomic mass is 19.1. The van der Waals surface area contributed by atoms with Crippen molar-refractivity contribution in [2.24, 2.45) is 0 Å². The van der Waals surface area contributed by atoms with Crippen LogP contribution >= 0.6 is 0 Å². The minimum Gasteiger partial charge on any atom is -0.398 e. The largest absolute Gasteiger partial charge is 0.398 e. The van der Waals surface area contributed by atoms with Gasteiger partial charge in [-0.1, -0.05) is 0 Å². The monoisotopic (exact) mass is 189 g/mol. The second-order valence-electron chi connectivity index (χ2n) is 2.82. The van der Waals surface area contributed by atoms with Gasteiger partial charge in [0, 0.05) is 23.6 Å². The second kappa shape index (κ2) is 3.41. The first-order chi connectivity index (χ1) is 6.77. The SMILES string of the molecule is Nc1ccc(F)cc1-c1cnccn1. The average molecular weight is 189 g/mol. The number of nitrogens with two attached hydrogens (primary N) is 1. The Morgan fingerprint density at radius 3 is 2.79 bits per heavy atom. The van der Waals surface area contributed by atoms with Crippen molar-refractivity contribution in [3.8, 4) is 11.3 Å². The molecule has 70 valence electrons. The van der Waals surface area contributed by atoms with E-state index in [0.717, 1.165) is 0 Å². The topological polar surface area (TPSA) is 51.8 Å². The second-order valence-corrected chi connectivity index (χ2v) is 2.82. The van der Waals surface area contributed by atoms with Crippen LogP contribution < -0.4 is 5.73 Å². The lowest BCUT2D eigenvalue weighted by atomic mass is 10.1. The van der Waals surface area contributed by atoms with Crippen LogP contribution in [-0.4, -0.2) is 9.97 Å². The van der Waals surface area contributed by atoms with Gasteiger partial charge in [-0.25, -0.2) is 4.39 Å². The van der Waals surface area contributed by atoms with E-state index in [0.29, 0.717) is 16.9 Å². The van der Waals surface area contributed by atoms with Gasteiger partial charge in [-0.2, -0.15) is 0 Å². The van der Waals surface area contributed by atoms with Crippen LogP contribution in [0.5, 0.6) is 0 Å². The van der Waals surface area contributed by atoms with Crippen molar-refractivity contribution >= 4 is 5.69 Å². The Labute approximate surface area is 80.4 Å². The molecular formula is C10H8FN3. The third-order valence-corrected chi connectivity index (χ3v) is 1.85. The van der Waals surface area contributed by atoms with E-state index in [4.69, 9.17) is 5.73 Å². The van der Waals surface area contributed by atoms with Crippen LogP contribution in [0.4, 0.5) is 10.1 Å². The highest BCUT2D eigenvalue weighted by Gasteiger charge is 2.04. The van der Waals surface area contributed by atoms with Crippen molar-refractivity contribution < 1.29 is 4.39 Å². The van der Waals surface area contributed by atoms with E-state index in [9.17, 15) is 4.39 Å². The van der Waals surface area contributed by atoms with Gasteiger partial charge in [0.05, 0.1) is 11.9 Å². The molecule has 0 radical (unpaired) electrons. The summed E-state index contributed by atoms with van der Waals surface area (Å²) in [7, 11) is 0. The van der Waals surface area contributed by atoms with E-state index >= 15 is 0 Å². The molecule has 3 nitrogen and oxygen atoms in total. The van der Waals surface area contributed by atoms with E-state index < -0.39 is 0 Å². The Morgan fingerprint density at radius 2 is 2.07 bits per heavy atom. The fraction of sp³-hybridized carbons (Fsp3) is 0. The lowest BCUT2D eigenvalue weighted by molar-refractivity contribution is 0.628. The van der Waals surface area contributed by atoms with Gasteiger partial charge >= 0.3 is 0 Å². The molecular weight excluding hydrogens is 181 g/mol. The van der Waals surface area contributed by atoms with Crippen molar-refractivity contribution in [2.75, 3.05) is 5.73 Å². The molecule has 0 atom stereocenters. The number of hydrogen-bond donors (Lipinski definition) is 1. The Bertz CT molecular complexity index is 442. The van der Waals surface area contributed by atoms with Gasteiger partial charge in [0.15, 0.2) is 0 Å². The van der Waals surface area contributed by atoms with Gasteiger partial charge in [0.25, 0.3) is 0 Å². The van der Waals surface area contributed by atoms with Gasteiger partial charge in [-0.3, -0.25) is 9.97 Å². The molecule has 0 bridgehead atoms. The minimum atomic E-state index is -0.333. The van der Waals surface area contributed by atoms with Crippen molar-refractivity contribution in [3.63, 3.8) is 0 Å². The number of nitrogen functional groups attached to an aromatic ring is 1. The van der Waals surface area contributed by atoms with Crippen LogP contribution in [0.2, 0.25) is 0 Å². The summed E-state index contributed by atoms with van der Waals surface area (Å²) in [5.41, 5.74) is 7.32. The highest BCUT2D eigenvalue weighted by molar-refractivity contribution is 5.72. The first-order valence-electron chi connectivity index (χ1n) is 4.09. The zero-order valence-corrected chi connectivity index (χ0v) is 7.31. The lowest BCUT2D eigenvalue weighted by Gasteiger charge is -2.03. The van der Waals surface area contributed by atoms with Crippen molar-refractivity contribution in [3.05, 3.63) is 42.6 Å². The normalized spacial score (nSPS) is 10.1. The van der Waals surface area contributed by atoms with Crippen LogP contribution in [0, 0.1) is 5.82 Å². The standard InChI is InChI=1S/C10H8FN3/c11-7-1-2-9(12)8(5-7)10-6-13-3-4-14-10/h1-6H,12H2. The first kappa shape index (κ1) is 8.62. The lowest BCUT2D eigenvalue weighted by Crippen LogP contribution is -1.93. The molecule has 0 aliphatic rings. The summed E-state index contributed by atoms with van der Waals surface area (Å²) in [6.45, 7) is 0. The zero-order valence-electron chi connectivity index (χ0n) is 7.31. The van der Waals surface area contributed by atoms with Gasteiger partial charge in [0.2, 0.25) is 0 Å². The number of rotatable bonds is 1. The Kier molecular flexibility index (Phi) is 2.10. The quantitative estimate of drug-likeness (QED) is 0.696. The summed E-state index contributed by atoms with van der Waals surface area (Å²) in [6, 6.07) is 4.17. The van der Waals surface area contributed by atoms with Crippen LogP contribution in [-0.2, 0) is 0 Å². The molecule has 0 aliphatic heterocycles. The predicted molar refractivity (Wildman–Crippen MR) is 51.8 cm³/mol. The molecule has 2 N–H and O–H groups in total. The molecule has 2 aromatic rings. The molecule has 4 heteroatoms. The summed E-state index contributed by atoms with van der Waals surface area (Å²) in [5, 5.41) is 0. The number of benzene rings is 1. The van der Waals surface area contributed by atoms with E-state index in [1.54, 1.807) is 18.6 Å². The third kappa shape index (κ3) is 1.54. The molecule has 1 aromatic heterocycles. The molecule has 0 saturated carbocycles. The fourth-order valence-electron chi connectivity index (χ4n) is 1.19. The minimum absolute atomic E-state index is 0.333. The molecule has 0 spiro atoms. The summed E-state index contributed by atoms with van der Waals surface area (Å²) >= 11 is 0. The summed E-state index contributed by atoms with van der Waals surface area (Å²) in [4.78, 5) is 7.93. The number of anilines is 1. The van der Waals surface area contributed by atoms with Crippen LogP contribution in [0.3, 0.4) is 0 Å². The molecule has 0 amide bonds. The van der Waals surface area contributed by atoms with Gasteiger partial charge in [-0.15, -0.1) is 0 Å². The van der Waals surface area contributed by atoms with Crippen molar-refractivity contribution in [1.29, 1.82) is 0 Å². The molecule has 1 heterocycles. The number of nitrogens with zero attached hydrogens (tertiary/aromatic N) is 2. The molecule has 1 aromatic carbocycles. The molecule has 0 unspecified atom stereocenters. The van der Waals surface area contributed by atoms with Crippen LogP contribution in [0.25, 0.3) is 11.3 Å². The van der Waals surface area contributed by atoms with E-state index in [1.807, 2.05) is 0 Å². The summed E-state index contributed by atoms with van der Waals surface area (Å²) in [6.07, 6.45) is 4.64. The Morgan fingerprint density at radius 1 is 1.21 bits per heavy atom. The Hall–Kier alpha value is -1.97. The smallest absolute Gasteiger partial charge is 0.124 e. The molecule has 0 fully saturated rings.